The highest BCUT2D eigenvalue weighted by Crippen LogP contribution is 2.31. The molecule has 1 aromatic rings. The van der Waals surface area contributed by atoms with Crippen molar-refractivity contribution >= 4 is 11.7 Å². The van der Waals surface area contributed by atoms with Gasteiger partial charge in [-0.3, -0.25) is 10.1 Å². The van der Waals surface area contributed by atoms with Crippen LogP contribution in [0.15, 0.2) is 18.2 Å². The Bertz CT molecular complexity index is 476. The van der Waals surface area contributed by atoms with Crippen LogP contribution in [0.3, 0.4) is 0 Å². The van der Waals surface area contributed by atoms with Gasteiger partial charge in [-0.2, -0.15) is 8.78 Å². The maximum absolute atomic E-state index is 12.7. The molecule has 0 unspecified atom stereocenters. The molecule has 0 radical (unpaired) electrons. The Labute approximate surface area is 91.4 Å². The molecule has 0 spiro atoms. The minimum Gasteiger partial charge on any atom is -0.474 e. The number of benzene rings is 1. The molecule has 1 N–H and O–H groups in total. The Balaban J connectivity index is 3.17. The average Bonchev–Trinajstić information content (AvgIpc) is 2.15. The highest BCUT2D eigenvalue weighted by molar-refractivity contribution is 5.74. The van der Waals surface area contributed by atoms with E-state index in [-0.39, 0.29) is 0 Å². The first-order valence-electron chi connectivity index (χ1n) is 3.98. The number of hydrogen-bond acceptors (Lipinski definition) is 4. The number of carbonyl (C=O) groups is 1. The van der Waals surface area contributed by atoms with E-state index in [2.05, 4.69) is 4.74 Å². The van der Waals surface area contributed by atoms with E-state index in [4.69, 9.17) is 5.11 Å². The number of carboxylic acid groups (broad SMARTS) is 1. The SMILES string of the molecule is O=C(O)C(F)(F)Oc1cc(F)ccc1[N+](=O)[O-]. The molecule has 0 fully saturated rings. The third kappa shape index (κ3) is 2.83. The smallest absolute Gasteiger partial charge is 0.474 e. The lowest BCUT2D eigenvalue weighted by Gasteiger charge is -2.12. The van der Waals surface area contributed by atoms with Gasteiger partial charge in [0.05, 0.1) is 4.92 Å². The van der Waals surface area contributed by atoms with Gasteiger partial charge in [-0.1, -0.05) is 0 Å². The highest BCUT2D eigenvalue weighted by Gasteiger charge is 2.44. The minimum atomic E-state index is -4.68. The fourth-order valence-electron chi connectivity index (χ4n) is 0.902. The van der Waals surface area contributed by atoms with Crippen LogP contribution in [-0.4, -0.2) is 22.1 Å². The molecule has 1 aromatic carbocycles. The number of nitro groups is 1. The van der Waals surface area contributed by atoms with Crippen LogP contribution >= 0.6 is 0 Å². The Morgan fingerprint density at radius 1 is 1.47 bits per heavy atom. The summed E-state index contributed by atoms with van der Waals surface area (Å²) in [4.78, 5) is 19.3. The lowest BCUT2D eigenvalue weighted by atomic mass is 10.3. The van der Waals surface area contributed by atoms with Crippen LogP contribution in [-0.2, 0) is 4.79 Å². The first-order valence-corrected chi connectivity index (χ1v) is 3.98. The molecule has 0 aliphatic rings. The zero-order valence-electron chi connectivity index (χ0n) is 7.89. The van der Waals surface area contributed by atoms with Crippen molar-refractivity contribution in [3.05, 3.63) is 34.1 Å². The van der Waals surface area contributed by atoms with E-state index in [1.54, 1.807) is 0 Å². The van der Waals surface area contributed by atoms with Crippen molar-refractivity contribution in [2.75, 3.05) is 0 Å². The maximum Gasteiger partial charge on any atom is 0.502 e. The second-order valence-electron chi connectivity index (χ2n) is 2.79. The van der Waals surface area contributed by atoms with Gasteiger partial charge >= 0.3 is 17.8 Å². The van der Waals surface area contributed by atoms with Crippen LogP contribution in [0.2, 0.25) is 0 Å². The monoisotopic (exact) mass is 251 g/mol. The molecule has 9 heteroatoms. The minimum absolute atomic E-state index is 0.301. The van der Waals surface area contributed by atoms with Crippen LogP contribution in [0.25, 0.3) is 0 Å². The van der Waals surface area contributed by atoms with Crippen molar-refractivity contribution in [3.8, 4) is 5.75 Å². The van der Waals surface area contributed by atoms with Gasteiger partial charge in [-0.15, -0.1) is 0 Å². The Morgan fingerprint density at radius 2 is 2.06 bits per heavy atom. The number of rotatable bonds is 4. The molecule has 0 heterocycles. The molecule has 0 saturated carbocycles. The second-order valence-corrected chi connectivity index (χ2v) is 2.79. The van der Waals surface area contributed by atoms with E-state index < -0.39 is 34.3 Å². The average molecular weight is 251 g/mol. The summed E-state index contributed by atoms with van der Waals surface area (Å²) < 4.78 is 41.6. The first-order chi connectivity index (χ1) is 7.74. The number of nitro benzene ring substituents is 1. The molecular weight excluding hydrogens is 247 g/mol. The molecule has 17 heavy (non-hydrogen) atoms. The van der Waals surface area contributed by atoms with Crippen LogP contribution in [0.5, 0.6) is 5.75 Å². The van der Waals surface area contributed by atoms with Gasteiger partial charge in [-0.25, -0.2) is 9.18 Å². The number of aliphatic carboxylic acids is 1. The van der Waals surface area contributed by atoms with Crippen LogP contribution in [0.1, 0.15) is 0 Å². The van der Waals surface area contributed by atoms with Gasteiger partial charge in [0.1, 0.15) is 5.82 Å². The zero-order valence-corrected chi connectivity index (χ0v) is 7.89. The molecule has 0 atom stereocenters. The van der Waals surface area contributed by atoms with Gasteiger partial charge in [0.25, 0.3) is 0 Å². The quantitative estimate of drug-likeness (QED) is 0.650. The van der Waals surface area contributed by atoms with Crippen LogP contribution < -0.4 is 4.74 Å². The lowest BCUT2D eigenvalue weighted by molar-refractivity contribution is -0.387. The number of hydrogen-bond donors (Lipinski definition) is 1. The van der Waals surface area contributed by atoms with Crippen molar-refractivity contribution in [2.45, 2.75) is 6.11 Å². The van der Waals surface area contributed by atoms with Crippen molar-refractivity contribution in [2.24, 2.45) is 0 Å². The second kappa shape index (κ2) is 4.28. The number of carboxylic acids is 1. The summed E-state index contributed by atoms with van der Waals surface area (Å²) in [5.41, 5.74) is -0.965. The predicted octanol–water partition coefficient (Wildman–Crippen LogP) is 1.79. The number of alkyl halides is 2. The summed E-state index contributed by atoms with van der Waals surface area (Å²) >= 11 is 0. The molecule has 6 nitrogen and oxygen atoms in total. The summed E-state index contributed by atoms with van der Waals surface area (Å²) in [6.07, 6.45) is -4.68. The van der Waals surface area contributed by atoms with Crippen LogP contribution in [0, 0.1) is 15.9 Å². The zero-order chi connectivity index (χ0) is 13.2. The summed E-state index contributed by atoms with van der Waals surface area (Å²) in [5.74, 6) is -4.88. The van der Waals surface area contributed by atoms with Gasteiger partial charge < -0.3 is 9.84 Å². The van der Waals surface area contributed by atoms with Gasteiger partial charge in [0, 0.05) is 12.1 Å². The first kappa shape index (κ1) is 12.7. The summed E-state index contributed by atoms with van der Waals surface area (Å²) in [5, 5.41) is 18.5. The van der Waals surface area contributed by atoms with Gasteiger partial charge in [-0.05, 0) is 6.07 Å². The number of halogens is 3. The summed E-state index contributed by atoms with van der Waals surface area (Å²) in [6.45, 7) is 0. The number of ether oxygens (including phenoxy) is 1. The summed E-state index contributed by atoms with van der Waals surface area (Å²) in [6, 6.07) is 1.54. The molecule has 0 amide bonds. The van der Waals surface area contributed by atoms with Crippen molar-refractivity contribution in [3.63, 3.8) is 0 Å². The fourth-order valence-corrected chi connectivity index (χ4v) is 0.902. The molecule has 0 saturated heterocycles. The van der Waals surface area contributed by atoms with E-state index >= 15 is 0 Å². The molecule has 1 rings (SSSR count). The highest BCUT2D eigenvalue weighted by atomic mass is 19.3. The van der Waals surface area contributed by atoms with Crippen molar-refractivity contribution < 1.29 is 32.7 Å². The topological polar surface area (TPSA) is 89.7 Å². The maximum atomic E-state index is 12.7. The van der Waals surface area contributed by atoms with E-state index in [0.717, 1.165) is 0 Å². The van der Waals surface area contributed by atoms with Gasteiger partial charge in [0.2, 0.25) is 5.75 Å². The predicted molar refractivity (Wildman–Crippen MR) is 46.3 cm³/mol. The Hall–Kier alpha value is -2.32. The molecular formula is C8H4F3NO5. The Kier molecular flexibility index (Phi) is 3.21. The fraction of sp³-hybridized carbons (Fsp3) is 0.125. The third-order valence-corrected chi connectivity index (χ3v) is 1.61. The van der Waals surface area contributed by atoms with E-state index in [0.29, 0.717) is 18.2 Å². The largest absolute Gasteiger partial charge is 0.502 e. The van der Waals surface area contributed by atoms with Crippen molar-refractivity contribution in [1.29, 1.82) is 0 Å². The standard InChI is InChI=1S/C8H4F3NO5/c9-4-1-2-5(12(15)16)6(3-4)17-8(10,11)7(13)14/h1-3H,(H,13,14). The number of nitrogens with zero attached hydrogens (tertiary/aromatic N) is 1. The van der Waals surface area contributed by atoms with Crippen LogP contribution in [0.4, 0.5) is 18.9 Å². The molecule has 0 aliphatic heterocycles. The lowest BCUT2D eigenvalue weighted by Crippen LogP contribution is -2.35. The van der Waals surface area contributed by atoms with E-state index in [1.807, 2.05) is 0 Å². The van der Waals surface area contributed by atoms with Gasteiger partial charge in [0.15, 0.2) is 0 Å². The summed E-state index contributed by atoms with van der Waals surface area (Å²) in [7, 11) is 0. The van der Waals surface area contributed by atoms with Crippen molar-refractivity contribution in [1.82, 2.24) is 0 Å². The molecule has 0 aliphatic carbocycles. The van der Waals surface area contributed by atoms with E-state index in [1.165, 1.54) is 0 Å². The molecule has 0 aromatic heterocycles. The normalized spacial score (nSPS) is 11.0. The molecule has 0 bridgehead atoms. The third-order valence-electron chi connectivity index (χ3n) is 1.61. The van der Waals surface area contributed by atoms with E-state index in [9.17, 15) is 28.1 Å². The Morgan fingerprint density at radius 3 is 2.53 bits per heavy atom. The molecule has 92 valence electrons.